The summed E-state index contributed by atoms with van der Waals surface area (Å²) in [6.07, 6.45) is 1.73. The van der Waals surface area contributed by atoms with E-state index in [-0.39, 0.29) is 5.41 Å². The molecule has 0 aliphatic heterocycles. The summed E-state index contributed by atoms with van der Waals surface area (Å²) in [5.74, 6) is 0.609. The molecule has 0 radical (unpaired) electrons. The van der Waals surface area contributed by atoms with Gasteiger partial charge < -0.3 is 10.5 Å². The van der Waals surface area contributed by atoms with Crippen LogP contribution in [0.4, 0.5) is 0 Å². The maximum Gasteiger partial charge on any atom is 0.139 e. The molecular formula is C13H17Cl2NOS. The quantitative estimate of drug-likeness (QED) is 0.622. The Kier molecular flexibility index (Phi) is 5.70. The Bertz CT molecular complexity index is 435. The van der Waals surface area contributed by atoms with Crippen LogP contribution in [0.3, 0.4) is 0 Å². The highest BCUT2D eigenvalue weighted by atomic mass is 35.5. The Morgan fingerprint density at radius 3 is 2.67 bits per heavy atom. The fourth-order valence-corrected chi connectivity index (χ4v) is 1.86. The Balaban J connectivity index is 2.43. The number of halogens is 2. The second-order valence-electron chi connectivity index (χ2n) is 4.75. The van der Waals surface area contributed by atoms with Crippen molar-refractivity contribution in [2.75, 3.05) is 6.61 Å². The molecule has 0 saturated carbocycles. The van der Waals surface area contributed by atoms with Crippen molar-refractivity contribution >= 4 is 40.4 Å². The molecule has 0 aliphatic carbocycles. The highest BCUT2D eigenvalue weighted by Crippen LogP contribution is 2.31. The van der Waals surface area contributed by atoms with E-state index in [2.05, 4.69) is 0 Å². The van der Waals surface area contributed by atoms with E-state index in [1.54, 1.807) is 12.1 Å². The van der Waals surface area contributed by atoms with Crippen LogP contribution in [0.15, 0.2) is 18.2 Å². The second-order valence-corrected chi connectivity index (χ2v) is 5.98. The van der Waals surface area contributed by atoms with Crippen molar-refractivity contribution in [3.63, 3.8) is 0 Å². The molecule has 0 heterocycles. The third kappa shape index (κ3) is 4.30. The molecule has 2 nitrogen and oxygen atoms in total. The minimum Gasteiger partial charge on any atom is -0.492 e. The Morgan fingerprint density at radius 2 is 2.06 bits per heavy atom. The summed E-state index contributed by atoms with van der Waals surface area (Å²) < 4.78 is 5.59. The molecular weight excluding hydrogens is 289 g/mol. The SMILES string of the molecule is CC(C)(CCCOc1cccc(Cl)c1Cl)C(N)=S. The van der Waals surface area contributed by atoms with Gasteiger partial charge in [0.05, 0.1) is 16.6 Å². The molecule has 0 fully saturated rings. The molecule has 0 aromatic heterocycles. The van der Waals surface area contributed by atoms with E-state index < -0.39 is 0 Å². The molecule has 1 rings (SSSR count). The number of nitrogens with two attached hydrogens (primary N) is 1. The number of rotatable bonds is 6. The fourth-order valence-electron chi connectivity index (χ4n) is 1.41. The summed E-state index contributed by atoms with van der Waals surface area (Å²) in [7, 11) is 0. The van der Waals surface area contributed by atoms with Crippen molar-refractivity contribution in [2.24, 2.45) is 11.1 Å². The highest BCUT2D eigenvalue weighted by molar-refractivity contribution is 7.80. The molecule has 1 aromatic rings. The van der Waals surface area contributed by atoms with E-state index in [1.807, 2.05) is 19.9 Å². The normalized spacial score (nSPS) is 11.3. The minimum atomic E-state index is -0.142. The zero-order chi connectivity index (χ0) is 13.8. The van der Waals surface area contributed by atoms with Crippen LogP contribution >= 0.6 is 35.4 Å². The molecule has 0 atom stereocenters. The van der Waals surface area contributed by atoms with Crippen LogP contribution in [0.1, 0.15) is 26.7 Å². The van der Waals surface area contributed by atoms with Crippen LogP contribution in [-0.2, 0) is 0 Å². The minimum absolute atomic E-state index is 0.142. The van der Waals surface area contributed by atoms with E-state index >= 15 is 0 Å². The van der Waals surface area contributed by atoms with Crippen LogP contribution in [0.2, 0.25) is 10.0 Å². The summed E-state index contributed by atoms with van der Waals surface area (Å²) in [5.41, 5.74) is 5.52. The molecule has 18 heavy (non-hydrogen) atoms. The molecule has 1 aromatic carbocycles. The van der Waals surface area contributed by atoms with Crippen LogP contribution in [-0.4, -0.2) is 11.6 Å². The summed E-state index contributed by atoms with van der Waals surface area (Å²) in [6, 6.07) is 5.34. The van der Waals surface area contributed by atoms with Crippen molar-refractivity contribution in [1.29, 1.82) is 0 Å². The Morgan fingerprint density at radius 1 is 1.39 bits per heavy atom. The number of hydrogen-bond donors (Lipinski definition) is 1. The Labute approximate surface area is 123 Å². The standard InChI is InChI=1S/C13H17Cl2NOS/c1-13(2,12(16)18)7-4-8-17-10-6-3-5-9(14)11(10)15/h3,5-6H,4,7-8H2,1-2H3,(H2,16,18). The van der Waals surface area contributed by atoms with Gasteiger partial charge in [-0.3, -0.25) is 0 Å². The van der Waals surface area contributed by atoms with Gasteiger partial charge in [-0.25, -0.2) is 0 Å². The highest BCUT2D eigenvalue weighted by Gasteiger charge is 2.20. The maximum absolute atomic E-state index is 6.01. The lowest BCUT2D eigenvalue weighted by Gasteiger charge is -2.22. The van der Waals surface area contributed by atoms with Crippen LogP contribution in [0, 0.1) is 5.41 Å². The number of benzene rings is 1. The first-order chi connectivity index (χ1) is 8.34. The van der Waals surface area contributed by atoms with Crippen LogP contribution < -0.4 is 10.5 Å². The van der Waals surface area contributed by atoms with Crippen molar-refractivity contribution in [2.45, 2.75) is 26.7 Å². The maximum atomic E-state index is 6.01. The van der Waals surface area contributed by atoms with E-state index in [1.165, 1.54) is 0 Å². The molecule has 100 valence electrons. The lowest BCUT2D eigenvalue weighted by Crippen LogP contribution is -2.30. The van der Waals surface area contributed by atoms with Crippen molar-refractivity contribution in [3.8, 4) is 5.75 Å². The zero-order valence-electron chi connectivity index (χ0n) is 10.5. The third-order valence-electron chi connectivity index (χ3n) is 2.79. The predicted octanol–water partition coefficient (Wildman–Crippen LogP) is 4.46. The molecule has 0 aliphatic rings. The number of ether oxygens (including phenoxy) is 1. The zero-order valence-corrected chi connectivity index (χ0v) is 12.8. The van der Waals surface area contributed by atoms with Crippen molar-refractivity contribution in [3.05, 3.63) is 28.2 Å². The second kappa shape index (κ2) is 6.60. The van der Waals surface area contributed by atoms with Gasteiger partial charge in [0.2, 0.25) is 0 Å². The summed E-state index contributed by atoms with van der Waals surface area (Å²) in [5, 5.41) is 0.949. The van der Waals surface area contributed by atoms with E-state index in [9.17, 15) is 0 Å². The predicted molar refractivity (Wildman–Crippen MR) is 81.8 cm³/mol. The van der Waals surface area contributed by atoms with E-state index in [0.717, 1.165) is 12.8 Å². The summed E-state index contributed by atoms with van der Waals surface area (Å²) >= 11 is 16.9. The third-order valence-corrected chi connectivity index (χ3v) is 4.14. The number of thiocarbonyl (C=S) groups is 1. The van der Waals surface area contributed by atoms with Gasteiger partial charge in [-0.05, 0) is 25.0 Å². The topological polar surface area (TPSA) is 35.2 Å². The van der Waals surface area contributed by atoms with Crippen molar-refractivity contribution < 1.29 is 4.74 Å². The average molecular weight is 306 g/mol. The first-order valence-electron chi connectivity index (χ1n) is 5.71. The molecule has 2 N–H and O–H groups in total. The van der Waals surface area contributed by atoms with E-state index in [0.29, 0.717) is 27.4 Å². The number of hydrogen-bond acceptors (Lipinski definition) is 2. The monoisotopic (exact) mass is 305 g/mol. The summed E-state index contributed by atoms with van der Waals surface area (Å²) in [4.78, 5) is 0.531. The summed E-state index contributed by atoms with van der Waals surface area (Å²) in [6.45, 7) is 4.62. The van der Waals surface area contributed by atoms with Gasteiger partial charge in [-0.2, -0.15) is 0 Å². The van der Waals surface area contributed by atoms with Gasteiger partial charge in [-0.15, -0.1) is 0 Å². The van der Waals surface area contributed by atoms with E-state index in [4.69, 9.17) is 45.9 Å². The van der Waals surface area contributed by atoms with Gasteiger partial charge in [-0.1, -0.05) is 55.3 Å². The first-order valence-corrected chi connectivity index (χ1v) is 6.88. The molecule has 0 unspecified atom stereocenters. The van der Waals surface area contributed by atoms with Gasteiger partial charge in [0, 0.05) is 5.41 Å². The fraction of sp³-hybridized carbons (Fsp3) is 0.462. The largest absolute Gasteiger partial charge is 0.492 e. The molecule has 0 spiro atoms. The average Bonchev–Trinajstić information content (AvgIpc) is 2.29. The van der Waals surface area contributed by atoms with Crippen LogP contribution in [0.5, 0.6) is 5.75 Å². The van der Waals surface area contributed by atoms with Gasteiger partial charge in [0.15, 0.2) is 0 Å². The molecule has 0 amide bonds. The van der Waals surface area contributed by atoms with Crippen LogP contribution in [0.25, 0.3) is 0 Å². The lowest BCUT2D eigenvalue weighted by atomic mass is 9.88. The van der Waals surface area contributed by atoms with Crippen molar-refractivity contribution in [1.82, 2.24) is 0 Å². The smallest absolute Gasteiger partial charge is 0.139 e. The molecule has 5 heteroatoms. The Hall–Kier alpha value is -0.510. The first kappa shape index (κ1) is 15.5. The van der Waals surface area contributed by atoms with Gasteiger partial charge in [0.1, 0.15) is 10.8 Å². The lowest BCUT2D eigenvalue weighted by molar-refractivity contribution is 0.288. The molecule has 0 bridgehead atoms. The van der Waals surface area contributed by atoms with Gasteiger partial charge in [0.25, 0.3) is 0 Å². The van der Waals surface area contributed by atoms with Gasteiger partial charge >= 0.3 is 0 Å². The molecule has 0 saturated heterocycles.